The van der Waals surface area contributed by atoms with Gasteiger partial charge in [-0.1, -0.05) is 38.1 Å². The Morgan fingerprint density at radius 1 is 1.24 bits per heavy atom. The number of rotatable bonds is 7. The first kappa shape index (κ1) is 19.3. The van der Waals surface area contributed by atoms with Crippen LogP contribution in [0, 0.1) is 5.92 Å². The molecule has 8 heteroatoms. The first-order chi connectivity index (χ1) is 11.7. The lowest BCUT2D eigenvalue weighted by Crippen LogP contribution is -2.29. The Kier molecular flexibility index (Phi) is 6.10. The summed E-state index contributed by atoms with van der Waals surface area (Å²) in [4.78, 5) is 12.5. The fourth-order valence-electron chi connectivity index (χ4n) is 2.29. The third kappa shape index (κ3) is 5.48. The molecule has 0 bridgehead atoms. The lowest BCUT2D eigenvalue weighted by Gasteiger charge is -2.12. The van der Waals surface area contributed by atoms with Crippen molar-refractivity contribution in [2.45, 2.75) is 33.5 Å². The molecule has 2 rings (SSSR count). The van der Waals surface area contributed by atoms with Crippen LogP contribution in [0.3, 0.4) is 0 Å². The molecule has 25 heavy (non-hydrogen) atoms. The standard InChI is InChI=1S/C17H23N3O4S/c1-12(2)10-20-17(21)15(11-24-25(3,22)23)8-16(19-20)14-6-4-13(9-18)5-7-14/h4-8,12H,9-11,18H2,1-3H3. The second kappa shape index (κ2) is 7.90. The van der Waals surface area contributed by atoms with Gasteiger partial charge in [0.05, 0.1) is 18.6 Å². The van der Waals surface area contributed by atoms with Gasteiger partial charge in [-0.15, -0.1) is 0 Å². The van der Waals surface area contributed by atoms with Gasteiger partial charge in [0.15, 0.2) is 0 Å². The maximum atomic E-state index is 12.5. The molecule has 7 nitrogen and oxygen atoms in total. The van der Waals surface area contributed by atoms with Gasteiger partial charge in [0.25, 0.3) is 15.7 Å². The summed E-state index contributed by atoms with van der Waals surface area (Å²) in [6, 6.07) is 9.09. The van der Waals surface area contributed by atoms with E-state index in [4.69, 9.17) is 9.92 Å². The van der Waals surface area contributed by atoms with E-state index in [2.05, 4.69) is 5.10 Å². The molecule has 1 aromatic carbocycles. The molecule has 1 aromatic heterocycles. The van der Waals surface area contributed by atoms with Gasteiger partial charge >= 0.3 is 0 Å². The van der Waals surface area contributed by atoms with Crippen LogP contribution in [0.15, 0.2) is 35.1 Å². The molecular formula is C17H23N3O4S. The van der Waals surface area contributed by atoms with Gasteiger partial charge in [-0.25, -0.2) is 4.68 Å². The highest BCUT2D eigenvalue weighted by molar-refractivity contribution is 7.85. The molecule has 0 unspecified atom stereocenters. The summed E-state index contributed by atoms with van der Waals surface area (Å²) in [6.45, 7) is 4.51. The highest BCUT2D eigenvalue weighted by Crippen LogP contribution is 2.18. The molecule has 0 saturated carbocycles. The lowest BCUT2D eigenvalue weighted by molar-refractivity contribution is 0.307. The van der Waals surface area contributed by atoms with Gasteiger partial charge in [-0.05, 0) is 17.5 Å². The summed E-state index contributed by atoms with van der Waals surface area (Å²) in [6.07, 6.45) is 0.952. The maximum absolute atomic E-state index is 12.5. The molecule has 0 amide bonds. The van der Waals surface area contributed by atoms with Crippen molar-refractivity contribution in [2.24, 2.45) is 11.7 Å². The highest BCUT2D eigenvalue weighted by Gasteiger charge is 2.13. The number of hydrogen-bond donors (Lipinski definition) is 1. The maximum Gasteiger partial charge on any atom is 0.272 e. The molecule has 0 spiro atoms. The molecule has 2 N–H and O–H groups in total. The average Bonchev–Trinajstić information content (AvgIpc) is 2.54. The Morgan fingerprint density at radius 3 is 2.40 bits per heavy atom. The Hall–Kier alpha value is -2.03. The zero-order valence-corrected chi connectivity index (χ0v) is 15.4. The van der Waals surface area contributed by atoms with Gasteiger partial charge in [0, 0.05) is 24.2 Å². The van der Waals surface area contributed by atoms with E-state index in [-0.39, 0.29) is 23.6 Å². The minimum absolute atomic E-state index is 0.212. The van der Waals surface area contributed by atoms with E-state index in [0.717, 1.165) is 17.4 Å². The zero-order chi connectivity index (χ0) is 18.6. The third-order valence-corrected chi connectivity index (χ3v) is 4.05. The molecule has 1 heterocycles. The molecule has 0 aliphatic heterocycles. The quantitative estimate of drug-likeness (QED) is 0.746. The zero-order valence-electron chi connectivity index (χ0n) is 14.6. The van der Waals surface area contributed by atoms with Crippen molar-refractivity contribution >= 4 is 10.1 Å². The van der Waals surface area contributed by atoms with E-state index in [1.165, 1.54) is 4.68 Å². The van der Waals surface area contributed by atoms with Crippen LogP contribution < -0.4 is 11.3 Å². The molecule has 0 radical (unpaired) electrons. The Labute approximate surface area is 147 Å². The second-order valence-electron chi connectivity index (χ2n) is 6.30. The molecule has 136 valence electrons. The van der Waals surface area contributed by atoms with Gasteiger partial charge in [0.1, 0.15) is 0 Å². The van der Waals surface area contributed by atoms with Crippen molar-refractivity contribution in [1.82, 2.24) is 9.78 Å². The van der Waals surface area contributed by atoms with Crippen molar-refractivity contribution in [3.63, 3.8) is 0 Å². The summed E-state index contributed by atoms with van der Waals surface area (Å²) in [5, 5.41) is 4.41. The van der Waals surface area contributed by atoms with Crippen LogP contribution in [0.5, 0.6) is 0 Å². The van der Waals surface area contributed by atoms with Gasteiger partial charge in [0.2, 0.25) is 0 Å². The minimum atomic E-state index is -3.64. The minimum Gasteiger partial charge on any atom is -0.326 e. The van der Waals surface area contributed by atoms with Crippen LogP contribution in [-0.4, -0.2) is 24.5 Å². The third-order valence-electron chi connectivity index (χ3n) is 3.50. The van der Waals surface area contributed by atoms with Crippen molar-refractivity contribution in [3.8, 4) is 11.3 Å². The summed E-state index contributed by atoms with van der Waals surface area (Å²) in [7, 11) is -3.64. The number of aromatic nitrogens is 2. The number of benzene rings is 1. The van der Waals surface area contributed by atoms with E-state index in [1.807, 2.05) is 38.1 Å². The topological polar surface area (TPSA) is 104 Å². The molecule has 2 aromatic rings. The smallest absolute Gasteiger partial charge is 0.272 e. The first-order valence-corrected chi connectivity index (χ1v) is 9.76. The van der Waals surface area contributed by atoms with E-state index >= 15 is 0 Å². The van der Waals surface area contributed by atoms with Gasteiger partial charge in [-0.2, -0.15) is 13.5 Å². The van der Waals surface area contributed by atoms with Crippen LogP contribution in [0.1, 0.15) is 25.0 Å². The monoisotopic (exact) mass is 365 g/mol. The van der Waals surface area contributed by atoms with Crippen molar-refractivity contribution in [1.29, 1.82) is 0 Å². The van der Waals surface area contributed by atoms with Crippen molar-refractivity contribution < 1.29 is 12.6 Å². The fraction of sp³-hybridized carbons (Fsp3) is 0.412. The largest absolute Gasteiger partial charge is 0.326 e. The van der Waals surface area contributed by atoms with Crippen LogP contribution in [0.2, 0.25) is 0 Å². The number of hydrogen-bond acceptors (Lipinski definition) is 6. The van der Waals surface area contributed by atoms with Crippen LogP contribution in [-0.2, 0) is 34.0 Å². The second-order valence-corrected chi connectivity index (χ2v) is 7.95. The summed E-state index contributed by atoms with van der Waals surface area (Å²) in [5.41, 5.74) is 7.89. The molecule has 0 aliphatic rings. The molecule has 0 fully saturated rings. The average molecular weight is 365 g/mol. The SMILES string of the molecule is CC(C)Cn1nc(-c2ccc(CN)cc2)cc(COS(C)(=O)=O)c1=O. The molecule has 0 saturated heterocycles. The molecule has 0 atom stereocenters. The van der Waals surface area contributed by atoms with Crippen LogP contribution in [0.4, 0.5) is 0 Å². The summed E-state index contributed by atoms with van der Waals surface area (Å²) >= 11 is 0. The van der Waals surface area contributed by atoms with Crippen molar-refractivity contribution in [3.05, 3.63) is 51.8 Å². The van der Waals surface area contributed by atoms with E-state index in [9.17, 15) is 13.2 Å². The Bertz CT molecular complexity index is 887. The number of nitrogens with zero attached hydrogens (tertiary/aromatic N) is 2. The fourth-order valence-corrected chi connectivity index (χ4v) is 2.63. The lowest BCUT2D eigenvalue weighted by atomic mass is 10.1. The van der Waals surface area contributed by atoms with Crippen LogP contribution >= 0.6 is 0 Å². The normalized spacial score (nSPS) is 11.9. The van der Waals surface area contributed by atoms with E-state index < -0.39 is 10.1 Å². The highest BCUT2D eigenvalue weighted by atomic mass is 32.2. The van der Waals surface area contributed by atoms with Crippen molar-refractivity contribution in [2.75, 3.05) is 6.26 Å². The summed E-state index contributed by atoms with van der Waals surface area (Å²) < 4.78 is 28.6. The first-order valence-electron chi connectivity index (χ1n) is 7.94. The van der Waals surface area contributed by atoms with Gasteiger partial charge < -0.3 is 5.73 Å². The van der Waals surface area contributed by atoms with Crippen LogP contribution in [0.25, 0.3) is 11.3 Å². The van der Waals surface area contributed by atoms with E-state index in [0.29, 0.717) is 18.8 Å². The summed E-state index contributed by atoms with van der Waals surface area (Å²) in [5.74, 6) is 0.212. The Balaban J connectivity index is 2.49. The van der Waals surface area contributed by atoms with Gasteiger partial charge in [-0.3, -0.25) is 8.98 Å². The van der Waals surface area contributed by atoms with E-state index in [1.54, 1.807) is 6.07 Å². The number of nitrogens with two attached hydrogens (primary N) is 1. The molecule has 0 aliphatic carbocycles. The predicted octanol–water partition coefficient (Wildman–Crippen LogP) is 1.50. The molecular weight excluding hydrogens is 342 g/mol. The Morgan fingerprint density at radius 2 is 1.88 bits per heavy atom. The predicted molar refractivity (Wildman–Crippen MR) is 96.3 cm³/mol.